The number of ether oxygens (including phenoxy) is 1. The van der Waals surface area contributed by atoms with Gasteiger partial charge in [-0.15, -0.1) is 0 Å². The van der Waals surface area contributed by atoms with Gasteiger partial charge in [0, 0.05) is 23.7 Å². The lowest BCUT2D eigenvalue weighted by molar-refractivity contribution is 0.0176. The van der Waals surface area contributed by atoms with Crippen LogP contribution in [0.5, 0.6) is 0 Å². The monoisotopic (exact) mass is 341 g/mol. The van der Waals surface area contributed by atoms with Crippen molar-refractivity contribution in [2.75, 3.05) is 18.8 Å². The quantitative estimate of drug-likeness (QED) is 0.844. The summed E-state index contributed by atoms with van der Waals surface area (Å²) >= 11 is 0. The fourth-order valence-corrected chi connectivity index (χ4v) is 3.92. The van der Waals surface area contributed by atoms with Gasteiger partial charge in [0.1, 0.15) is 11.4 Å². The van der Waals surface area contributed by atoms with Crippen LogP contribution in [-0.2, 0) is 15.5 Å². The van der Waals surface area contributed by atoms with E-state index in [1.54, 1.807) is 17.0 Å². The molecular formula is C17H24FNO3S. The zero-order valence-corrected chi connectivity index (χ0v) is 14.7. The molecule has 1 saturated heterocycles. The van der Waals surface area contributed by atoms with Crippen LogP contribution in [0.4, 0.5) is 9.18 Å². The standard InChI is InChI=1S/C17H24FNO3S/c1-17(2,3)22-16(20)19-10-4-5-13(11-19)12-23(21)15-8-6-14(18)7-9-15/h6-9,13H,4-5,10-12H2,1-3H3/t13-,23-/m0/s1. The van der Waals surface area contributed by atoms with Crippen molar-refractivity contribution in [2.45, 2.75) is 44.1 Å². The highest BCUT2D eigenvalue weighted by Crippen LogP contribution is 2.22. The molecule has 0 saturated carbocycles. The maximum Gasteiger partial charge on any atom is 0.410 e. The van der Waals surface area contributed by atoms with E-state index in [-0.39, 0.29) is 17.8 Å². The largest absolute Gasteiger partial charge is 0.444 e. The van der Waals surface area contributed by atoms with Crippen LogP contribution in [0.2, 0.25) is 0 Å². The average Bonchev–Trinajstić information content (AvgIpc) is 2.46. The van der Waals surface area contributed by atoms with Crippen molar-refractivity contribution < 1.29 is 18.1 Å². The van der Waals surface area contributed by atoms with Gasteiger partial charge in [0.05, 0.1) is 10.8 Å². The predicted octanol–water partition coefficient (Wildman–Crippen LogP) is 3.58. The van der Waals surface area contributed by atoms with E-state index in [1.165, 1.54) is 12.1 Å². The zero-order valence-electron chi connectivity index (χ0n) is 13.9. The van der Waals surface area contributed by atoms with E-state index in [1.807, 2.05) is 20.8 Å². The summed E-state index contributed by atoms with van der Waals surface area (Å²) < 4.78 is 30.7. The summed E-state index contributed by atoms with van der Waals surface area (Å²) in [7, 11) is -1.18. The van der Waals surface area contributed by atoms with Gasteiger partial charge in [-0.3, -0.25) is 4.21 Å². The summed E-state index contributed by atoms with van der Waals surface area (Å²) in [5, 5.41) is 0. The van der Waals surface area contributed by atoms with Gasteiger partial charge >= 0.3 is 6.09 Å². The lowest BCUT2D eigenvalue weighted by Crippen LogP contribution is -2.43. The van der Waals surface area contributed by atoms with Crippen LogP contribution in [0, 0.1) is 11.7 Å². The first-order valence-electron chi connectivity index (χ1n) is 7.86. The minimum absolute atomic E-state index is 0.169. The summed E-state index contributed by atoms with van der Waals surface area (Å²) in [6, 6.07) is 5.75. The van der Waals surface area contributed by atoms with E-state index in [9.17, 15) is 13.4 Å². The first-order valence-corrected chi connectivity index (χ1v) is 9.18. The van der Waals surface area contributed by atoms with Crippen LogP contribution in [0.3, 0.4) is 0 Å². The van der Waals surface area contributed by atoms with Crippen molar-refractivity contribution in [1.82, 2.24) is 4.90 Å². The second kappa shape index (κ2) is 7.43. The molecule has 0 radical (unpaired) electrons. The van der Waals surface area contributed by atoms with E-state index in [0.29, 0.717) is 23.7 Å². The number of hydrogen-bond donors (Lipinski definition) is 0. The molecule has 23 heavy (non-hydrogen) atoms. The van der Waals surface area contributed by atoms with Crippen molar-refractivity contribution in [3.63, 3.8) is 0 Å². The Kier molecular flexibility index (Phi) is 5.79. The summed E-state index contributed by atoms with van der Waals surface area (Å²) in [6.45, 7) is 6.76. The lowest BCUT2D eigenvalue weighted by Gasteiger charge is -2.34. The van der Waals surface area contributed by atoms with Crippen molar-refractivity contribution in [3.8, 4) is 0 Å². The van der Waals surface area contributed by atoms with Crippen LogP contribution in [0.1, 0.15) is 33.6 Å². The predicted molar refractivity (Wildman–Crippen MR) is 88.2 cm³/mol. The highest BCUT2D eigenvalue weighted by atomic mass is 32.2. The lowest BCUT2D eigenvalue weighted by atomic mass is 10.0. The normalized spacial score (nSPS) is 20.2. The Hall–Kier alpha value is -1.43. The molecule has 4 nitrogen and oxygen atoms in total. The van der Waals surface area contributed by atoms with Crippen LogP contribution in [0.15, 0.2) is 29.2 Å². The molecule has 6 heteroatoms. The third-order valence-electron chi connectivity index (χ3n) is 3.63. The van der Waals surface area contributed by atoms with Gasteiger partial charge in [0.15, 0.2) is 0 Å². The molecule has 1 aliphatic heterocycles. The first-order chi connectivity index (χ1) is 10.7. The number of carbonyl (C=O) groups excluding carboxylic acids is 1. The number of carbonyl (C=O) groups is 1. The molecule has 1 aromatic carbocycles. The SMILES string of the molecule is CC(C)(C)OC(=O)N1CCC[C@H](C[S@](=O)c2ccc(F)cc2)C1. The van der Waals surface area contributed by atoms with Crippen molar-refractivity contribution in [1.29, 1.82) is 0 Å². The number of nitrogens with zero attached hydrogens (tertiary/aromatic N) is 1. The van der Waals surface area contributed by atoms with Crippen LogP contribution >= 0.6 is 0 Å². The fourth-order valence-electron chi connectivity index (χ4n) is 2.59. The fraction of sp³-hybridized carbons (Fsp3) is 0.588. The maximum absolute atomic E-state index is 12.9. The molecular weight excluding hydrogens is 317 g/mol. The van der Waals surface area contributed by atoms with Crippen LogP contribution in [0.25, 0.3) is 0 Å². The molecule has 1 aliphatic rings. The first kappa shape index (κ1) is 17.9. The number of halogens is 1. The average molecular weight is 341 g/mol. The smallest absolute Gasteiger partial charge is 0.410 e. The Morgan fingerprint density at radius 3 is 2.61 bits per heavy atom. The summed E-state index contributed by atoms with van der Waals surface area (Å²) in [5.74, 6) is 0.312. The summed E-state index contributed by atoms with van der Waals surface area (Å²) in [4.78, 5) is 14.5. The Bertz CT molecular complexity index is 568. The topological polar surface area (TPSA) is 46.6 Å². The third kappa shape index (κ3) is 5.61. The molecule has 1 heterocycles. The summed E-state index contributed by atoms with van der Waals surface area (Å²) in [6.07, 6.45) is 1.51. The molecule has 1 fully saturated rings. The Morgan fingerprint density at radius 1 is 1.35 bits per heavy atom. The van der Waals surface area contributed by atoms with E-state index < -0.39 is 16.4 Å². The minimum Gasteiger partial charge on any atom is -0.444 e. The van der Waals surface area contributed by atoms with Gasteiger partial charge in [-0.1, -0.05) is 0 Å². The molecule has 1 amide bonds. The Balaban J connectivity index is 1.92. The number of likely N-dealkylation sites (tertiary alicyclic amines) is 1. The van der Waals surface area contributed by atoms with E-state index in [0.717, 1.165) is 12.8 Å². The summed E-state index contributed by atoms with van der Waals surface area (Å²) in [5.41, 5.74) is -0.513. The van der Waals surface area contributed by atoms with Gasteiger partial charge in [0.2, 0.25) is 0 Å². The second-order valence-electron chi connectivity index (χ2n) is 6.90. The molecule has 0 aromatic heterocycles. The van der Waals surface area contributed by atoms with Gasteiger partial charge < -0.3 is 9.64 Å². The molecule has 0 bridgehead atoms. The molecule has 0 spiro atoms. The van der Waals surface area contributed by atoms with E-state index in [4.69, 9.17) is 4.74 Å². The van der Waals surface area contributed by atoms with Crippen LogP contribution in [-0.4, -0.2) is 39.6 Å². The number of piperidine rings is 1. The molecule has 1 aromatic rings. The van der Waals surface area contributed by atoms with Gasteiger partial charge in [-0.05, 0) is 63.8 Å². The third-order valence-corrected chi connectivity index (χ3v) is 5.21. The van der Waals surface area contributed by atoms with Crippen molar-refractivity contribution >= 4 is 16.9 Å². The highest BCUT2D eigenvalue weighted by Gasteiger charge is 2.28. The van der Waals surface area contributed by atoms with Gasteiger partial charge in [0.25, 0.3) is 0 Å². The molecule has 128 valence electrons. The maximum atomic E-state index is 12.9. The molecule has 2 atom stereocenters. The minimum atomic E-state index is -1.18. The highest BCUT2D eigenvalue weighted by molar-refractivity contribution is 7.85. The Morgan fingerprint density at radius 2 is 2.00 bits per heavy atom. The number of rotatable bonds is 3. The van der Waals surface area contributed by atoms with Crippen molar-refractivity contribution in [2.24, 2.45) is 5.92 Å². The molecule has 0 unspecified atom stereocenters. The van der Waals surface area contributed by atoms with Gasteiger partial charge in [-0.2, -0.15) is 0 Å². The van der Waals surface area contributed by atoms with Gasteiger partial charge in [-0.25, -0.2) is 9.18 Å². The number of benzene rings is 1. The van der Waals surface area contributed by atoms with Crippen LogP contribution < -0.4 is 0 Å². The Labute approximate surface area is 139 Å². The molecule has 2 rings (SSSR count). The number of hydrogen-bond acceptors (Lipinski definition) is 3. The van der Waals surface area contributed by atoms with Crippen molar-refractivity contribution in [3.05, 3.63) is 30.1 Å². The van der Waals surface area contributed by atoms with E-state index >= 15 is 0 Å². The zero-order chi connectivity index (χ0) is 17.0. The number of amides is 1. The second-order valence-corrected chi connectivity index (χ2v) is 8.40. The van der Waals surface area contributed by atoms with E-state index in [2.05, 4.69) is 0 Å². The molecule has 0 N–H and O–H groups in total. The molecule has 0 aliphatic carbocycles.